The number of rotatable bonds is 5. The summed E-state index contributed by atoms with van der Waals surface area (Å²) in [5.74, 6) is 0.171. The molecule has 0 saturated carbocycles. The molecule has 1 atom stereocenters. The first-order valence-electron chi connectivity index (χ1n) is 5.65. The third kappa shape index (κ3) is 4.32. The molecule has 0 radical (unpaired) electrons. The highest BCUT2D eigenvalue weighted by molar-refractivity contribution is 9.10. The molecule has 1 aromatic heterocycles. The molecular weight excluding hydrogens is 300 g/mol. The monoisotopic (exact) mass is 316 g/mol. The van der Waals surface area contributed by atoms with Crippen LogP contribution in [0.2, 0.25) is 0 Å². The van der Waals surface area contributed by atoms with Gasteiger partial charge >= 0.3 is 0 Å². The number of aromatic nitrogens is 1. The molecule has 17 heavy (non-hydrogen) atoms. The molecule has 0 aliphatic rings. The Hall–Kier alpha value is -0.550. The van der Waals surface area contributed by atoms with Gasteiger partial charge in [-0.25, -0.2) is 4.98 Å². The lowest BCUT2D eigenvalue weighted by atomic mass is 10.4. The van der Waals surface area contributed by atoms with E-state index in [-0.39, 0.29) is 11.2 Å². The molecule has 0 spiro atoms. The highest BCUT2D eigenvalue weighted by Crippen LogP contribution is 2.23. The smallest absolute Gasteiger partial charge is 0.235 e. The summed E-state index contributed by atoms with van der Waals surface area (Å²) in [7, 11) is 0. The third-order valence-corrected chi connectivity index (χ3v) is 3.93. The maximum absolute atomic E-state index is 12.0. The van der Waals surface area contributed by atoms with Gasteiger partial charge in [-0.3, -0.25) is 4.79 Å². The summed E-state index contributed by atoms with van der Waals surface area (Å²) in [5.41, 5.74) is 0. The van der Waals surface area contributed by atoms with Crippen molar-refractivity contribution in [1.29, 1.82) is 0 Å². The highest BCUT2D eigenvalue weighted by Gasteiger charge is 2.19. The van der Waals surface area contributed by atoms with E-state index in [1.807, 2.05) is 37.8 Å². The molecule has 0 bridgehead atoms. The van der Waals surface area contributed by atoms with E-state index in [9.17, 15) is 4.79 Å². The number of amides is 1. The van der Waals surface area contributed by atoms with Crippen LogP contribution < -0.4 is 0 Å². The molecule has 3 nitrogen and oxygen atoms in total. The zero-order valence-electron chi connectivity index (χ0n) is 10.3. The normalized spacial score (nSPS) is 12.2. The molecule has 5 heteroatoms. The van der Waals surface area contributed by atoms with E-state index < -0.39 is 0 Å². The Morgan fingerprint density at radius 3 is 2.59 bits per heavy atom. The molecule has 0 aliphatic heterocycles. The van der Waals surface area contributed by atoms with Crippen LogP contribution >= 0.6 is 27.7 Å². The number of carbonyl (C=O) groups excluding carboxylic acids is 1. The lowest BCUT2D eigenvalue weighted by molar-refractivity contribution is -0.129. The summed E-state index contributed by atoms with van der Waals surface area (Å²) in [6.45, 7) is 7.43. The van der Waals surface area contributed by atoms with E-state index in [0.717, 1.165) is 22.6 Å². The quantitative estimate of drug-likeness (QED) is 0.782. The van der Waals surface area contributed by atoms with Crippen molar-refractivity contribution in [2.45, 2.75) is 31.0 Å². The largest absolute Gasteiger partial charge is 0.342 e. The maximum Gasteiger partial charge on any atom is 0.235 e. The first-order chi connectivity index (χ1) is 8.08. The van der Waals surface area contributed by atoms with Crippen molar-refractivity contribution in [1.82, 2.24) is 9.88 Å². The fourth-order valence-electron chi connectivity index (χ4n) is 1.46. The van der Waals surface area contributed by atoms with Gasteiger partial charge in [0.15, 0.2) is 0 Å². The lowest BCUT2D eigenvalue weighted by Gasteiger charge is -2.22. The molecule has 94 valence electrons. The van der Waals surface area contributed by atoms with Crippen LogP contribution in [0.1, 0.15) is 20.8 Å². The van der Waals surface area contributed by atoms with Gasteiger partial charge in [-0.2, -0.15) is 0 Å². The van der Waals surface area contributed by atoms with Crippen LogP contribution in [-0.2, 0) is 4.79 Å². The number of halogens is 1. The van der Waals surface area contributed by atoms with E-state index in [2.05, 4.69) is 20.9 Å². The average Bonchev–Trinajstić information content (AvgIpc) is 2.33. The Morgan fingerprint density at radius 1 is 1.47 bits per heavy atom. The zero-order chi connectivity index (χ0) is 12.8. The van der Waals surface area contributed by atoms with Crippen molar-refractivity contribution in [2.75, 3.05) is 13.1 Å². The minimum atomic E-state index is -0.0939. The van der Waals surface area contributed by atoms with Crippen molar-refractivity contribution >= 4 is 33.6 Å². The van der Waals surface area contributed by atoms with E-state index in [4.69, 9.17) is 0 Å². The number of thioether (sulfide) groups is 1. The van der Waals surface area contributed by atoms with Crippen molar-refractivity contribution in [3.8, 4) is 0 Å². The summed E-state index contributed by atoms with van der Waals surface area (Å²) >= 11 is 4.84. The van der Waals surface area contributed by atoms with Crippen molar-refractivity contribution in [3.63, 3.8) is 0 Å². The van der Waals surface area contributed by atoms with E-state index in [0.29, 0.717) is 0 Å². The second kappa shape index (κ2) is 7.01. The van der Waals surface area contributed by atoms with Crippen LogP contribution in [0.15, 0.2) is 27.8 Å². The Balaban J connectivity index is 2.62. The van der Waals surface area contributed by atoms with Gasteiger partial charge in [0.25, 0.3) is 0 Å². The van der Waals surface area contributed by atoms with Gasteiger partial charge in [0.2, 0.25) is 5.91 Å². The maximum atomic E-state index is 12.0. The molecule has 1 amide bonds. The van der Waals surface area contributed by atoms with E-state index in [1.165, 1.54) is 11.8 Å². The summed E-state index contributed by atoms with van der Waals surface area (Å²) in [5, 5.41) is 0.782. The molecule has 1 unspecified atom stereocenters. The Morgan fingerprint density at radius 2 is 2.12 bits per heavy atom. The first kappa shape index (κ1) is 14.5. The number of hydrogen-bond donors (Lipinski definition) is 0. The predicted molar refractivity (Wildman–Crippen MR) is 75.2 cm³/mol. The van der Waals surface area contributed by atoms with Crippen LogP contribution in [0.25, 0.3) is 0 Å². The summed E-state index contributed by atoms with van der Waals surface area (Å²) in [4.78, 5) is 18.1. The Bertz CT molecular complexity index is 365. The van der Waals surface area contributed by atoms with Crippen LogP contribution in [0.5, 0.6) is 0 Å². The van der Waals surface area contributed by atoms with Crippen molar-refractivity contribution in [3.05, 3.63) is 22.8 Å². The van der Waals surface area contributed by atoms with Crippen molar-refractivity contribution in [2.24, 2.45) is 0 Å². The van der Waals surface area contributed by atoms with Crippen LogP contribution in [-0.4, -0.2) is 34.1 Å². The van der Waals surface area contributed by atoms with Gasteiger partial charge in [-0.15, -0.1) is 0 Å². The van der Waals surface area contributed by atoms with Gasteiger partial charge in [0, 0.05) is 23.8 Å². The van der Waals surface area contributed by atoms with Crippen LogP contribution in [0, 0.1) is 0 Å². The van der Waals surface area contributed by atoms with Crippen LogP contribution in [0.3, 0.4) is 0 Å². The summed E-state index contributed by atoms with van der Waals surface area (Å²) in [6, 6.07) is 3.85. The van der Waals surface area contributed by atoms with Gasteiger partial charge in [-0.1, -0.05) is 11.8 Å². The van der Waals surface area contributed by atoms with Gasteiger partial charge in [0.05, 0.1) is 10.3 Å². The second-order valence-corrected chi connectivity index (χ2v) is 5.86. The fraction of sp³-hybridized carbons (Fsp3) is 0.500. The molecule has 1 heterocycles. The minimum Gasteiger partial charge on any atom is -0.342 e. The lowest BCUT2D eigenvalue weighted by Crippen LogP contribution is -2.36. The molecule has 0 saturated heterocycles. The molecule has 0 aliphatic carbocycles. The van der Waals surface area contributed by atoms with E-state index >= 15 is 0 Å². The topological polar surface area (TPSA) is 33.2 Å². The second-order valence-electron chi connectivity index (χ2n) is 3.59. The minimum absolute atomic E-state index is 0.0939. The molecule has 1 rings (SSSR count). The SMILES string of the molecule is CCN(CC)C(=O)C(C)Sc1ccc(Br)cn1. The summed E-state index contributed by atoms with van der Waals surface area (Å²) < 4.78 is 0.949. The Labute approximate surface area is 115 Å². The zero-order valence-corrected chi connectivity index (χ0v) is 12.7. The predicted octanol–water partition coefficient (Wildman–Crippen LogP) is 3.19. The molecule has 0 aromatic carbocycles. The van der Waals surface area contributed by atoms with Crippen LogP contribution in [0.4, 0.5) is 0 Å². The number of carbonyl (C=O) groups is 1. The van der Waals surface area contributed by atoms with Gasteiger partial charge in [-0.05, 0) is 48.8 Å². The molecule has 1 aromatic rings. The third-order valence-electron chi connectivity index (χ3n) is 2.42. The number of hydrogen-bond acceptors (Lipinski definition) is 3. The average molecular weight is 317 g/mol. The van der Waals surface area contributed by atoms with E-state index in [1.54, 1.807) is 6.20 Å². The highest BCUT2D eigenvalue weighted by atomic mass is 79.9. The molecule has 0 fully saturated rings. The number of pyridine rings is 1. The standard InChI is InChI=1S/C12H17BrN2OS/c1-4-15(5-2)12(16)9(3)17-11-7-6-10(13)8-14-11/h6-9H,4-5H2,1-3H3. The molecular formula is C12H17BrN2OS. The summed E-state index contributed by atoms with van der Waals surface area (Å²) in [6.07, 6.45) is 1.75. The van der Waals surface area contributed by atoms with Crippen molar-refractivity contribution < 1.29 is 4.79 Å². The Kier molecular flexibility index (Phi) is 5.98. The number of nitrogens with zero attached hydrogens (tertiary/aromatic N) is 2. The first-order valence-corrected chi connectivity index (χ1v) is 7.32. The molecule has 0 N–H and O–H groups in total. The van der Waals surface area contributed by atoms with Gasteiger partial charge < -0.3 is 4.90 Å². The fourth-order valence-corrected chi connectivity index (χ4v) is 2.56. The van der Waals surface area contributed by atoms with Gasteiger partial charge in [0.1, 0.15) is 0 Å².